The maximum atomic E-state index is 12.1. The van der Waals surface area contributed by atoms with Crippen molar-refractivity contribution in [3.05, 3.63) is 0 Å². The number of amides is 1. The Labute approximate surface area is 110 Å². The molecule has 2 bridgehead atoms. The average Bonchev–Trinajstić information content (AvgIpc) is 2.30. The number of nitrogens with one attached hydrogen (secondary N) is 1. The van der Waals surface area contributed by atoms with Crippen molar-refractivity contribution >= 4 is 5.91 Å². The van der Waals surface area contributed by atoms with E-state index in [-0.39, 0.29) is 11.8 Å². The van der Waals surface area contributed by atoms with Gasteiger partial charge in [-0.2, -0.15) is 0 Å². The minimum absolute atomic E-state index is 0.0636. The molecule has 2 aliphatic carbocycles. The molecular weight excluding hydrogens is 228 g/mol. The van der Waals surface area contributed by atoms with Gasteiger partial charge < -0.3 is 15.8 Å². The lowest BCUT2D eigenvalue weighted by Crippen LogP contribution is -2.54. The van der Waals surface area contributed by atoms with Crippen LogP contribution in [0, 0.1) is 17.8 Å². The van der Waals surface area contributed by atoms with Gasteiger partial charge in [0.25, 0.3) is 0 Å². The van der Waals surface area contributed by atoms with E-state index in [4.69, 9.17) is 10.5 Å². The third-order valence-corrected chi connectivity index (χ3v) is 4.55. The van der Waals surface area contributed by atoms with E-state index >= 15 is 0 Å². The molecule has 104 valence electrons. The van der Waals surface area contributed by atoms with Gasteiger partial charge in [0.15, 0.2) is 0 Å². The maximum absolute atomic E-state index is 12.1. The topological polar surface area (TPSA) is 64.3 Å². The minimum Gasteiger partial charge on any atom is -0.384 e. The standard InChI is InChI=1S/C14H26N2O2/c1-9(8-18-2)14(17)16-13-10-4-3-5-11(13)7-12(15)6-10/h9-13H,3-8,15H2,1-2H3,(H,16,17). The Morgan fingerprint density at radius 1 is 1.39 bits per heavy atom. The second kappa shape index (κ2) is 6.02. The van der Waals surface area contributed by atoms with Crippen LogP contribution in [0.5, 0.6) is 0 Å². The Morgan fingerprint density at radius 2 is 2.00 bits per heavy atom. The van der Waals surface area contributed by atoms with E-state index in [9.17, 15) is 4.79 Å². The van der Waals surface area contributed by atoms with Gasteiger partial charge in [-0.25, -0.2) is 0 Å². The number of nitrogens with two attached hydrogens (primary N) is 1. The predicted octanol–water partition coefficient (Wildman–Crippen LogP) is 1.29. The molecule has 2 fully saturated rings. The van der Waals surface area contributed by atoms with Crippen LogP contribution >= 0.6 is 0 Å². The zero-order valence-corrected chi connectivity index (χ0v) is 11.5. The van der Waals surface area contributed by atoms with Crippen molar-refractivity contribution in [1.29, 1.82) is 0 Å². The highest BCUT2D eigenvalue weighted by Crippen LogP contribution is 2.39. The molecule has 3 atom stereocenters. The second-order valence-corrected chi connectivity index (χ2v) is 6.07. The first-order valence-electron chi connectivity index (χ1n) is 7.16. The molecule has 3 unspecified atom stereocenters. The molecule has 0 aliphatic heterocycles. The fourth-order valence-corrected chi connectivity index (χ4v) is 3.66. The maximum Gasteiger partial charge on any atom is 0.225 e. The molecule has 0 aromatic rings. The van der Waals surface area contributed by atoms with E-state index in [0.29, 0.717) is 30.5 Å². The van der Waals surface area contributed by atoms with E-state index in [0.717, 1.165) is 12.8 Å². The lowest BCUT2D eigenvalue weighted by Gasteiger charge is -2.45. The van der Waals surface area contributed by atoms with E-state index in [1.165, 1.54) is 19.3 Å². The first-order chi connectivity index (χ1) is 8.61. The highest BCUT2D eigenvalue weighted by Gasteiger charge is 2.40. The highest BCUT2D eigenvalue weighted by atomic mass is 16.5. The van der Waals surface area contributed by atoms with Crippen LogP contribution in [-0.2, 0) is 9.53 Å². The quantitative estimate of drug-likeness (QED) is 0.794. The summed E-state index contributed by atoms with van der Waals surface area (Å²) in [5, 5.41) is 3.25. The summed E-state index contributed by atoms with van der Waals surface area (Å²) in [6.45, 7) is 2.41. The van der Waals surface area contributed by atoms with Crippen LogP contribution in [0.1, 0.15) is 39.0 Å². The highest BCUT2D eigenvalue weighted by molar-refractivity contribution is 5.78. The Hall–Kier alpha value is -0.610. The number of hydrogen-bond acceptors (Lipinski definition) is 3. The number of hydrogen-bond donors (Lipinski definition) is 2. The summed E-state index contributed by atoms with van der Waals surface area (Å²) in [5.41, 5.74) is 6.09. The zero-order valence-electron chi connectivity index (χ0n) is 11.5. The predicted molar refractivity (Wildman–Crippen MR) is 71.0 cm³/mol. The monoisotopic (exact) mass is 254 g/mol. The van der Waals surface area contributed by atoms with E-state index in [2.05, 4.69) is 5.32 Å². The lowest BCUT2D eigenvalue weighted by molar-refractivity contribution is -0.128. The van der Waals surface area contributed by atoms with Crippen LogP contribution in [0.25, 0.3) is 0 Å². The van der Waals surface area contributed by atoms with Crippen molar-refractivity contribution in [1.82, 2.24) is 5.32 Å². The summed E-state index contributed by atoms with van der Waals surface area (Å²) in [6, 6.07) is 0.690. The molecule has 4 heteroatoms. The van der Waals surface area contributed by atoms with Crippen LogP contribution in [0.4, 0.5) is 0 Å². The van der Waals surface area contributed by atoms with Crippen LogP contribution in [0.3, 0.4) is 0 Å². The molecule has 4 nitrogen and oxygen atoms in total. The third kappa shape index (κ3) is 3.04. The van der Waals surface area contributed by atoms with Crippen molar-refractivity contribution in [2.24, 2.45) is 23.5 Å². The molecule has 0 radical (unpaired) electrons. The van der Waals surface area contributed by atoms with Gasteiger partial charge >= 0.3 is 0 Å². The Morgan fingerprint density at radius 3 is 2.56 bits per heavy atom. The van der Waals surface area contributed by atoms with Crippen LogP contribution in [-0.4, -0.2) is 31.7 Å². The van der Waals surface area contributed by atoms with Gasteiger partial charge in [0.05, 0.1) is 12.5 Å². The average molecular weight is 254 g/mol. The summed E-state index contributed by atoms with van der Waals surface area (Å²) in [5.74, 6) is 1.25. The first kappa shape index (κ1) is 13.8. The van der Waals surface area contributed by atoms with Crippen molar-refractivity contribution < 1.29 is 9.53 Å². The number of rotatable bonds is 4. The summed E-state index contributed by atoms with van der Waals surface area (Å²) < 4.78 is 5.04. The van der Waals surface area contributed by atoms with Gasteiger partial charge in [0.1, 0.15) is 0 Å². The van der Waals surface area contributed by atoms with Crippen molar-refractivity contribution in [3.8, 4) is 0 Å². The molecule has 2 saturated carbocycles. The molecule has 0 spiro atoms. The first-order valence-corrected chi connectivity index (χ1v) is 7.16. The fraction of sp³-hybridized carbons (Fsp3) is 0.929. The molecule has 2 rings (SSSR count). The van der Waals surface area contributed by atoms with Crippen molar-refractivity contribution in [3.63, 3.8) is 0 Å². The van der Waals surface area contributed by atoms with Gasteiger partial charge in [0, 0.05) is 19.2 Å². The minimum atomic E-state index is -0.0636. The number of methoxy groups -OCH3 is 1. The van der Waals surface area contributed by atoms with Gasteiger partial charge in [-0.15, -0.1) is 0 Å². The summed E-state index contributed by atoms with van der Waals surface area (Å²) in [7, 11) is 1.64. The third-order valence-electron chi connectivity index (χ3n) is 4.55. The van der Waals surface area contributed by atoms with E-state index in [1.807, 2.05) is 6.92 Å². The van der Waals surface area contributed by atoms with E-state index < -0.39 is 0 Å². The zero-order chi connectivity index (χ0) is 13.1. The van der Waals surface area contributed by atoms with Crippen molar-refractivity contribution in [2.45, 2.75) is 51.1 Å². The lowest BCUT2D eigenvalue weighted by atomic mass is 9.67. The molecule has 0 aromatic heterocycles. The van der Waals surface area contributed by atoms with Crippen LogP contribution in [0.15, 0.2) is 0 Å². The Balaban J connectivity index is 1.94. The van der Waals surface area contributed by atoms with Gasteiger partial charge in [-0.1, -0.05) is 13.3 Å². The summed E-state index contributed by atoms with van der Waals surface area (Å²) in [4.78, 5) is 12.1. The molecular formula is C14H26N2O2. The van der Waals surface area contributed by atoms with E-state index in [1.54, 1.807) is 7.11 Å². The molecule has 0 aromatic carbocycles. The molecule has 0 saturated heterocycles. The molecule has 1 amide bonds. The number of carbonyl (C=O) groups is 1. The fourth-order valence-electron chi connectivity index (χ4n) is 3.66. The molecule has 18 heavy (non-hydrogen) atoms. The Kier molecular flexibility index (Phi) is 4.62. The largest absolute Gasteiger partial charge is 0.384 e. The number of ether oxygens (including phenoxy) is 1. The van der Waals surface area contributed by atoms with Crippen LogP contribution < -0.4 is 11.1 Å². The van der Waals surface area contributed by atoms with Gasteiger partial charge in [0.2, 0.25) is 5.91 Å². The number of fused-ring (bicyclic) bond motifs is 2. The Bertz CT molecular complexity index is 282. The molecule has 0 heterocycles. The van der Waals surface area contributed by atoms with Gasteiger partial charge in [-0.3, -0.25) is 4.79 Å². The molecule has 2 aliphatic rings. The van der Waals surface area contributed by atoms with Crippen LogP contribution in [0.2, 0.25) is 0 Å². The SMILES string of the molecule is COCC(C)C(=O)NC1C2CCCC1CC(N)C2. The van der Waals surface area contributed by atoms with Crippen molar-refractivity contribution in [2.75, 3.05) is 13.7 Å². The smallest absolute Gasteiger partial charge is 0.225 e. The molecule has 3 N–H and O–H groups in total. The van der Waals surface area contributed by atoms with Gasteiger partial charge in [-0.05, 0) is 37.5 Å². The summed E-state index contributed by atoms with van der Waals surface area (Å²) >= 11 is 0. The number of carbonyl (C=O) groups excluding carboxylic acids is 1. The summed E-state index contributed by atoms with van der Waals surface area (Å²) in [6.07, 6.45) is 5.86. The normalized spacial score (nSPS) is 37.1. The second-order valence-electron chi connectivity index (χ2n) is 6.07.